The molecule has 112 valence electrons. The van der Waals surface area contributed by atoms with E-state index in [4.69, 9.17) is 16.3 Å². The Hall–Kier alpha value is -1.93. The summed E-state index contributed by atoms with van der Waals surface area (Å²) in [5.74, 6) is 1.86. The Morgan fingerprint density at radius 3 is 2.91 bits per heavy atom. The average Bonchev–Trinajstić information content (AvgIpc) is 3.04. The van der Waals surface area contributed by atoms with Crippen LogP contribution in [0.4, 0.5) is 5.69 Å². The molecule has 0 radical (unpaired) electrons. The third-order valence-electron chi connectivity index (χ3n) is 4.80. The zero-order chi connectivity index (χ0) is 15.1. The first-order valence-corrected chi connectivity index (χ1v) is 8.01. The van der Waals surface area contributed by atoms with E-state index in [0.717, 1.165) is 22.9 Å². The van der Waals surface area contributed by atoms with Gasteiger partial charge >= 0.3 is 0 Å². The normalized spacial score (nSPS) is 25.3. The van der Waals surface area contributed by atoms with Crippen molar-refractivity contribution < 1.29 is 4.74 Å². The Balaban J connectivity index is 1.80. The summed E-state index contributed by atoms with van der Waals surface area (Å²) in [7, 11) is 1.71. The summed E-state index contributed by atoms with van der Waals surface area (Å²) in [5, 5.41) is 4.47. The number of para-hydroxylation sites is 1. The van der Waals surface area contributed by atoms with Crippen molar-refractivity contribution in [2.24, 2.45) is 5.92 Å². The molecule has 3 unspecified atom stereocenters. The number of fused-ring (bicyclic) bond motifs is 3. The Bertz CT molecular complexity index is 740. The highest BCUT2D eigenvalue weighted by atomic mass is 35.5. The second kappa shape index (κ2) is 5.36. The van der Waals surface area contributed by atoms with Crippen LogP contribution in [0.2, 0.25) is 5.02 Å². The van der Waals surface area contributed by atoms with E-state index in [0.29, 0.717) is 11.8 Å². The molecule has 3 heteroatoms. The third kappa shape index (κ3) is 2.10. The first-order chi connectivity index (χ1) is 10.8. The van der Waals surface area contributed by atoms with Gasteiger partial charge in [0.1, 0.15) is 5.75 Å². The van der Waals surface area contributed by atoms with Gasteiger partial charge in [0.2, 0.25) is 0 Å². The van der Waals surface area contributed by atoms with Gasteiger partial charge in [-0.05, 0) is 41.7 Å². The molecule has 0 saturated heterocycles. The second-order valence-corrected chi connectivity index (χ2v) is 6.36. The lowest BCUT2D eigenvalue weighted by Crippen LogP contribution is -2.29. The highest BCUT2D eigenvalue weighted by molar-refractivity contribution is 6.33. The predicted molar refractivity (Wildman–Crippen MR) is 90.8 cm³/mol. The van der Waals surface area contributed by atoms with Gasteiger partial charge in [0.05, 0.1) is 23.9 Å². The van der Waals surface area contributed by atoms with Crippen LogP contribution in [0.3, 0.4) is 0 Å². The Labute approximate surface area is 135 Å². The summed E-state index contributed by atoms with van der Waals surface area (Å²) in [6.45, 7) is 0. The minimum Gasteiger partial charge on any atom is -0.497 e. The first kappa shape index (κ1) is 13.7. The molecule has 1 heterocycles. The molecular weight excluding hydrogens is 294 g/mol. The molecule has 4 rings (SSSR count). The molecular formula is C19H18ClNO. The van der Waals surface area contributed by atoms with E-state index in [1.165, 1.54) is 11.1 Å². The number of anilines is 1. The topological polar surface area (TPSA) is 21.3 Å². The van der Waals surface area contributed by atoms with Crippen LogP contribution >= 0.6 is 11.6 Å². The van der Waals surface area contributed by atoms with Crippen LogP contribution in [-0.4, -0.2) is 7.11 Å². The van der Waals surface area contributed by atoms with Crippen molar-refractivity contribution in [2.45, 2.75) is 18.4 Å². The molecule has 0 amide bonds. The number of hydrogen-bond donors (Lipinski definition) is 1. The largest absolute Gasteiger partial charge is 0.497 e. The number of methoxy groups -OCH3 is 1. The minimum absolute atomic E-state index is 0.252. The van der Waals surface area contributed by atoms with Crippen molar-refractivity contribution in [3.63, 3.8) is 0 Å². The molecule has 0 bridgehead atoms. The molecule has 0 saturated carbocycles. The fourth-order valence-electron chi connectivity index (χ4n) is 3.75. The average molecular weight is 312 g/mol. The lowest BCUT2D eigenvalue weighted by atomic mass is 9.77. The zero-order valence-electron chi connectivity index (χ0n) is 12.4. The highest BCUT2D eigenvalue weighted by Crippen LogP contribution is 2.51. The third-order valence-corrected chi connectivity index (χ3v) is 5.11. The van der Waals surface area contributed by atoms with E-state index in [2.05, 4.69) is 41.7 Å². The number of nitrogens with one attached hydrogen (secondary N) is 1. The Kier molecular flexibility index (Phi) is 3.34. The summed E-state index contributed by atoms with van der Waals surface area (Å²) >= 11 is 6.43. The molecule has 2 aliphatic rings. The maximum absolute atomic E-state index is 6.43. The molecule has 1 aliphatic heterocycles. The molecule has 0 fully saturated rings. The van der Waals surface area contributed by atoms with Crippen LogP contribution in [0, 0.1) is 5.92 Å². The maximum Gasteiger partial charge on any atom is 0.119 e. The molecule has 1 N–H and O–H groups in total. The van der Waals surface area contributed by atoms with E-state index < -0.39 is 0 Å². The second-order valence-electron chi connectivity index (χ2n) is 5.96. The number of ether oxygens (including phenoxy) is 1. The van der Waals surface area contributed by atoms with Crippen LogP contribution < -0.4 is 10.1 Å². The molecule has 1 aliphatic carbocycles. The van der Waals surface area contributed by atoms with Crippen molar-refractivity contribution in [3.05, 3.63) is 70.8 Å². The molecule has 0 spiro atoms. The van der Waals surface area contributed by atoms with Gasteiger partial charge in [0.25, 0.3) is 0 Å². The van der Waals surface area contributed by atoms with E-state index in [1.807, 2.05) is 18.2 Å². The number of halogens is 1. The van der Waals surface area contributed by atoms with E-state index in [9.17, 15) is 0 Å². The standard InChI is InChI=1S/C19H18ClNO/c1-22-13-6-2-5-12(11-13)18-15-8-3-7-14(15)16-9-4-10-17(20)19(16)21-18/h2-7,9-11,14-15,18,21H,8H2,1H3. The molecule has 2 aromatic rings. The van der Waals surface area contributed by atoms with Gasteiger partial charge in [-0.3, -0.25) is 0 Å². The van der Waals surface area contributed by atoms with Gasteiger partial charge in [-0.1, -0.05) is 48.0 Å². The van der Waals surface area contributed by atoms with Crippen LogP contribution in [0.5, 0.6) is 5.75 Å². The summed E-state index contributed by atoms with van der Waals surface area (Å²) in [5.41, 5.74) is 3.64. The minimum atomic E-state index is 0.252. The smallest absolute Gasteiger partial charge is 0.119 e. The van der Waals surface area contributed by atoms with Crippen molar-refractivity contribution >= 4 is 17.3 Å². The van der Waals surface area contributed by atoms with E-state index in [1.54, 1.807) is 7.11 Å². The van der Waals surface area contributed by atoms with Crippen LogP contribution in [0.15, 0.2) is 54.6 Å². The van der Waals surface area contributed by atoms with Crippen molar-refractivity contribution in [1.82, 2.24) is 0 Å². The van der Waals surface area contributed by atoms with Crippen molar-refractivity contribution in [1.29, 1.82) is 0 Å². The predicted octanol–water partition coefficient (Wildman–Crippen LogP) is 5.18. The molecule has 0 aromatic heterocycles. The number of rotatable bonds is 2. The quantitative estimate of drug-likeness (QED) is 0.772. The van der Waals surface area contributed by atoms with Gasteiger partial charge in [0.15, 0.2) is 0 Å². The fraction of sp³-hybridized carbons (Fsp3) is 0.263. The fourth-order valence-corrected chi connectivity index (χ4v) is 3.98. The zero-order valence-corrected chi connectivity index (χ0v) is 13.2. The lowest BCUT2D eigenvalue weighted by molar-refractivity contribution is 0.406. The molecule has 3 atom stereocenters. The Morgan fingerprint density at radius 1 is 1.18 bits per heavy atom. The van der Waals surface area contributed by atoms with Gasteiger partial charge in [-0.2, -0.15) is 0 Å². The van der Waals surface area contributed by atoms with Crippen LogP contribution in [-0.2, 0) is 0 Å². The van der Waals surface area contributed by atoms with E-state index >= 15 is 0 Å². The molecule has 2 nitrogen and oxygen atoms in total. The van der Waals surface area contributed by atoms with Crippen LogP contribution in [0.25, 0.3) is 0 Å². The summed E-state index contributed by atoms with van der Waals surface area (Å²) in [6.07, 6.45) is 5.71. The molecule has 2 aromatic carbocycles. The summed E-state index contributed by atoms with van der Waals surface area (Å²) in [4.78, 5) is 0. The van der Waals surface area contributed by atoms with Crippen molar-refractivity contribution in [3.8, 4) is 5.75 Å². The highest BCUT2D eigenvalue weighted by Gasteiger charge is 2.38. The lowest BCUT2D eigenvalue weighted by Gasteiger charge is -2.38. The van der Waals surface area contributed by atoms with Gasteiger partial charge in [-0.25, -0.2) is 0 Å². The van der Waals surface area contributed by atoms with E-state index in [-0.39, 0.29) is 6.04 Å². The van der Waals surface area contributed by atoms with Crippen LogP contribution in [0.1, 0.15) is 29.5 Å². The number of allylic oxidation sites excluding steroid dienone is 2. The van der Waals surface area contributed by atoms with Gasteiger partial charge in [-0.15, -0.1) is 0 Å². The number of hydrogen-bond acceptors (Lipinski definition) is 2. The molecule has 22 heavy (non-hydrogen) atoms. The number of benzene rings is 2. The van der Waals surface area contributed by atoms with Gasteiger partial charge < -0.3 is 10.1 Å². The first-order valence-electron chi connectivity index (χ1n) is 7.63. The monoisotopic (exact) mass is 311 g/mol. The van der Waals surface area contributed by atoms with Gasteiger partial charge in [0, 0.05) is 5.92 Å². The maximum atomic E-state index is 6.43. The summed E-state index contributed by atoms with van der Waals surface area (Å²) < 4.78 is 5.38. The van der Waals surface area contributed by atoms with Crippen molar-refractivity contribution in [2.75, 3.05) is 12.4 Å². The Morgan fingerprint density at radius 2 is 2.05 bits per heavy atom. The SMILES string of the molecule is COc1cccc(C2Nc3c(Cl)cccc3C3C=CCC32)c1. The summed E-state index contributed by atoms with van der Waals surface area (Å²) in [6, 6.07) is 14.7.